The van der Waals surface area contributed by atoms with Gasteiger partial charge in [-0.05, 0) is 31.9 Å². The quantitative estimate of drug-likeness (QED) is 0.664. The highest BCUT2D eigenvalue weighted by Crippen LogP contribution is 2.48. The van der Waals surface area contributed by atoms with E-state index in [-0.39, 0.29) is 0 Å². The smallest absolute Gasteiger partial charge is 0.300 e. The highest BCUT2D eigenvalue weighted by atomic mass is 16.4. The molecular weight excluding hydrogens is 370 g/mol. The molecule has 0 spiro atoms. The van der Waals surface area contributed by atoms with Gasteiger partial charge in [0, 0.05) is 44.6 Å². The molecule has 0 amide bonds. The third-order valence-corrected chi connectivity index (χ3v) is 5.69. The molecule has 0 radical (unpaired) electrons. The molecule has 6 rings (SSSR count). The fraction of sp³-hybridized carbons (Fsp3) is 0.500. The number of carboxylic acid groups (broad SMARTS) is 1. The number of nitrogens with two attached hydrogens (primary N) is 1. The Morgan fingerprint density at radius 2 is 2.10 bits per heavy atom. The van der Waals surface area contributed by atoms with Crippen molar-refractivity contribution in [2.24, 2.45) is 0 Å². The second kappa shape index (κ2) is 7.72. The Balaban J connectivity index is 0.000000472. The topological polar surface area (TPSA) is 133 Å². The van der Waals surface area contributed by atoms with Crippen molar-refractivity contribution in [1.82, 2.24) is 20.1 Å². The number of hydrogen-bond donors (Lipinski definition) is 3. The first kappa shape index (κ1) is 19.2. The molecule has 1 saturated heterocycles. The summed E-state index contributed by atoms with van der Waals surface area (Å²) in [4.78, 5) is 16.0. The summed E-state index contributed by atoms with van der Waals surface area (Å²) in [6.45, 7) is 5.85. The Kier molecular flexibility index (Phi) is 5.11. The number of pyridine rings is 1. The van der Waals surface area contributed by atoms with Crippen LogP contribution in [0.4, 0.5) is 11.5 Å². The van der Waals surface area contributed by atoms with E-state index in [4.69, 9.17) is 20.7 Å². The van der Waals surface area contributed by atoms with E-state index in [1.165, 1.54) is 0 Å². The largest absolute Gasteiger partial charge is 0.481 e. The van der Waals surface area contributed by atoms with Crippen LogP contribution >= 0.6 is 0 Å². The lowest BCUT2D eigenvalue weighted by Gasteiger charge is -2.42. The summed E-state index contributed by atoms with van der Waals surface area (Å²) in [7, 11) is 0. The van der Waals surface area contributed by atoms with Gasteiger partial charge in [0.25, 0.3) is 5.97 Å². The lowest BCUT2D eigenvalue weighted by Crippen LogP contribution is -2.40. The average molecular weight is 395 g/mol. The van der Waals surface area contributed by atoms with Crippen LogP contribution in [0.25, 0.3) is 11.3 Å². The third kappa shape index (κ3) is 3.51. The van der Waals surface area contributed by atoms with Gasteiger partial charge in [-0.2, -0.15) is 10.4 Å². The number of anilines is 2. The van der Waals surface area contributed by atoms with E-state index in [2.05, 4.69) is 32.0 Å². The molecule has 4 aliphatic rings. The molecule has 29 heavy (non-hydrogen) atoms. The molecule has 0 aromatic carbocycles. The van der Waals surface area contributed by atoms with Crippen molar-refractivity contribution in [3.05, 3.63) is 23.0 Å². The molecule has 6 heterocycles. The summed E-state index contributed by atoms with van der Waals surface area (Å²) in [5.74, 6) is -0.0396. The number of piperidine rings is 1. The van der Waals surface area contributed by atoms with Crippen LogP contribution in [-0.4, -0.2) is 45.5 Å². The molecule has 0 unspecified atom stereocenters. The minimum atomic E-state index is -0.833. The maximum Gasteiger partial charge on any atom is 0.300 e. The van der Waals surface area contributed by atoms with E-state index in [1.807, 2.05) is 0 Å². The maximum atomic E-state index is 9.74. The number of aryl methyl sites for hydroxylation is 1. The molecule has 152 valence electrons. The summed E-state index contributed by atoms with van der Waals surface area (Å²) in [5.41, 5.74) is 11.7. The number of carbonyl (C=O) groups is 1. The number of nitrogens with zero attached hydrogens (tertiary/aromatic N) is 5. The first-order valence-corrected chi connectivity index (χ1v) is 9.95. The van der Waals surface area contributed by atoms with Gasteiger partial charge < -0.3 is 21.1 Å². The molecule has 0 saturated carbocycles. The number of rotatable bonds is 1. The summed E-state index contributed by atoms with van der Waals surface area (Å²) in [6, 6.07) is 4.39. The zero-order valence-corrected chi connectivity index (χ0v) is 16.5. The van der Waals surface area contributed by atoms with E-state index < -0.39 is 5.97 Å². The van der Waals surface area contributed by atoms with Crippen LogP contribution in [0.15, 0.2) is 6.07 Å². The van der Waals surface area contributed by atoms with Gasteiger partial charge in [-0.1, -0.05) is 0 Å². The van der Waals surface area contributed by atoms with Crippen LogP contribution in [0, 0.1) is 11.3 Å². The van der Waals surface area contributed by atoms with Gasteiger partial charge in [0.2, 0.25) is 0 Å². The Morgan fingerprint density at radius 1 is 1.38 bits per heavy atom. The average Bonchev–Trinajstić information content (AvgIpc) is 2.97. The normalized spacial score (nSPS) is 17.4. The highest BCUT2D eigenvalue weighted by molar-refractivity contribution is 5.88. The van der Waals surface area contributed by atoms with Gasteiger partial charge in [0.05, 0.1) is 22.8 Å². The van der Waals surface area contributed by atoms with Crippen molar-refractivity contribution in [2.75, 3.05) is 30.3 Å². The number of fused-ring (bicyclic) bond motifs is 3. The molecule has 2 aromatic rings. The molecule has 2 bridgehead atoms. The van der Waals surface area contributed by atoms with Gasteiger partial charge in [-0.3, -0.25) is 9.48 Å². The third-order valence-electron chi connectivity index (χ3n) is 5.69. The monoisotopic (exact) mass is 395 g/mol. The lowest BCUT2D eigenvalue weighted by atomic mass is 9.83. The molecule has 4 N–H and O–H groups in total. The molecule has 4 aliphatic heterocycles. The minimum absolute atomic E-state index is 0.339. The standard InChI is InChI=1S/C18H21N7.C2H4O2/c19-9-13-15(14-8-12-10-21-4-1-5-25(12)23-14)17-16(22-18(13)20)11-2-6-24(17)7-3-11;1-2(3)4/h8,11,21H,1-7,10H2,(H2,20,22);1H3,(H,3,4). The number of aromatic nitrogens is 3. The first-order valence-electron chi connectivity index (χ1n) is 9.95. The number of nitriles is 1. The van der Waals surface area contributed by atoms with E-state index in [9.17, 15) is 5.26 Å². The second-order valence-electron chi connectivity index (χ2n) is 7.65. The highest BCUT2D eigenvalue weighted by Gasteiger charge is 2.37. The Labute approximate surface area is 169 Å². The molecule has 2 aromatic heterocycles. The zero-order valence-electron chi connectivity index (χ0n) is 16.5. The summed E-state index contributed by atoms with van der Waals surface area (Å²) < 4.78 is 2.07. The molecular formula is C20H25N7O2. The van der Waals surface area contributed by atoms with Crippen molar-refractivity contribution in [1.29, 1.82) is 5.26 Å². The number of hydrogen-bond acceptors (Lipinski definition) is 7. The first-order chi connectivity index (χ1) is 14.0. The van der Waals surface area contributed by atoms with Gasteiger partial charge in [0.1, 0.15) is 17.5 Å². The predicted octanol–water partition coefficient (Wildman–Crippen LogP) is 1.68. The maximum absolute atomic E-state index is 9.74. The number of nitrogen functional groups attached to an aromatic ring is 1. The molecule has 9 nitrogen and oxygen atoms in total. The Morgan fingerprint density at radius 3 is 2.79 bits per heavy atom. The van der Waals surface area contributed by atoms with Crippen LogP contribution in [0.5, 0.6) is 0 Å². The van der Waals surface area contributed by atoms with Crippen LogP contribution in [0.3, 0.4) is 0 Å². The van der Waals surface area contributed by atoms with Crippen molar-refractivity contribution >= 4 is 17.5 Å². The number of nitrogens with one attached hydrogen (secondary N) is 1. The summed E-state index contributed by atoms with van der Waals surface area (Å²) in [6.07, 6.45) is 3.30. The molecule has 1 fully saturated rings. The molecule has 0 atom stereocenters. The molecule has 9 heteroatoms. The van der Waals surface area contributed by atoms with Crippen molar-refractivity contribution in [3.63, 3.8) is 0 Å². The van der Waals surface area contributed by atoms with E-state index in [0.717, 1.165) is 87.2 Å². The number of aliphatic carboxylic acids is 1. The predicted molar refractivity (Wildman–Crippen MR) is 108 cm³/mol. The summed E-state index contributed by atoms with van der Waals surface area (Å²) >= 11 is 0. The Hall–Kier alpha value is -3.12. The lowest BCUT2D eigenvalue weighted by molar-refractivity contribution is -0.134. The van der Waals surface area contributed by atoms with Crippen LogP contribution in [0.2, 0.25) is 0 Å². The van der Waals surface area contributed by atoms with Gasteiger partial charge >= 0.3 is 0 Å². The van der Waals surface area contributed by atoms with Gasteiger partial charge in [0.15, 0.2) is 0 Å². The summed E-state index contributed by atoms with van der Waals surface area (Å²) in [5, 5.41) is 25.4. The second-order valence-corrected chi connectivity index (χ2v) is 7.65. The fourth-order valence-corrected chi connectivity index (χ4v) is 4.44. The van der Waals surface area contributed by atoms with E-state index in [1.54, 1.807) is 0 Å². The van der Waals surface area contributed by atoms with Crippen molar-refractivity contribution in [2.45, 2.75) is 45.2 Å². The number of carboxylic acids is 1. The van der Waals surface area contributed by atoms with Crippen LogP contribution in [0.1, 0.15) is 49.1 Å². The van der Waals surface area contributed by atoms with Gasteiger partial charge in [-0.25, -0.2) is 4.98 Å². The van der Waals surface area contributed by atoms with Gasteiger partial charge in [-0.15, -0.1) is 0 Å². The van der Waals surface area contributed by atoms with Crippen molar-refractivity contribution in [3.8, 4) is 17.3 Å². The van der Waals surface area contributed by atoms with Crippen LogP contribution < -0.4 is 16.0 Å². The Bertz CT molecular complexity index is 956. The van der Waals surface area contributed by atoms with Crippen LogP contribution in [-0.2, 0) is 17.9 Å². The van der Waals surface area contributed by atoms with E-state index in [0.29, 0.717) is 17.3 Å². The van der Waals surface area contributed by atoms with E-state index >= 15 is 0 Å². The minimum Gasteiger partial charge on any atom is -0.481 e. The zero-order chi connectivity index (χ0) is 20.5. The SMILES string of the molecule is CC(=O)O.N#Cc1c(N)nc2c(c1-c1cc3n(n1)CCCNC3)N1CCC2CC1. The van der Waals surface area contributed by atoms with Crippen molar-refractivity contribution < 1.29 is 9.90 Å². The molecule has 0 aliphatic carbocycles. The fourth-order valence-electron chi connectivity index (χ4n) is 4.44.